The van der Waals surface area contributed by atoms with Crippen LogP contribution in [0.1, 0.15) is 32.4 Å². The third-order valence-corrected chi connectivity index (χ3v) is 7.09. The standard InChI is InChI=1S/C29H32FN5O8S/c1-29(2,3)43-28(40)34-22(16-32-27(38)39)17-9-12-19(13-10-17)33-25(36)26(37)35(31)23-14-11-18(15-21(23)30)20-7-5-6-8-24(20)44(4,41)42/h5-15,22,32H,16,31H2,1-4H3,(H,33,36)(H,34,40)(H,38,39). The summed E-state index contributed by atoms with van der Waals surface area (Å²) >= 11 is 0. The lowest BCUT2D eigenvalue weighted by Gasteiger charge is -2.24. The highest BCUT2D eigenvalue weighted by Gasteiger charge is 2.25. The SMILES string of the molecule is CC(C)(C)OC(=O)NC(CNC(=O)O)c1ccc(NC(=O)C(=O)N(N)c2ccc(-c3ccccc3S(C)(=O)=O)cc2F)cc1. The van der Waals surface area contributed by atoms with E-state index in [-0.39, 0.29) is 28.3 Å². The number of alkyl carbamates (subject to hydrolysis) is 1. The second kappa shape index (κ2) is 13.5. The summed E-state index contributed by atoms with van der Waals surface area (Å²) < 4.78 is 44.5. The van der Waals surface area contributed by atoms with E-state index in [0.717, 1.165) is 18.4 Å². The van der Waals surface area contributed by atoms with Crippen molar-refractivity contribution in [1.82, 2.24) is 10.6 Å². The Morgan fingerprint density at radius 3 is 2.23 bits per heavy atom. The summed E-state index contributed by atoms with van der Waals surface area (Å²) in [6.07, 6.45) is -1.06. The summed E-state index contributed by atoms with van der Waals surface area (Å²) in [7, 11) is -3.62. The molecule has 0 aliphatic rings. The van der Waals surface area contributed by atoms with Crippen LogP contribution in [0.25, 0.3) is 11.1 Å². The van der Waals surface area contributed by atoms with Crippen molar-refractivity contribution in [3.8, 4) is 11.1 Å². The number of benzene rings is 3. The predicted molar refractivity (Wildman–Crippen MR) is 160 cm³/mol. The number of ether oxygens (including phenoxy) is 1. The highest BCUT2D eigenvalue weighted by Crippen LogP contribution is 2.30. The molecule has 13 nitrogen and oxygen atoms in total. The van der Waals surface area contributed by atoms with E-state index in [1.165, 1.54) is 48.5 Å². The second-order valence-corrected chi connectivity index (χ2v) is 12.6. The van der Waals surface area contributed by atoms with Crippen molar-refractivity contribution in [3.05, 3.63) is 78.1 Å². The Hall–Kier alpha value is -5.02. The van der Waals surface area contributed by atoms with Gasteiger partial charge in [0.05, 0.1) is 16.6 Å². The normalized spacial score (nSPS) is 12.0. The Labute approximate surface area is 253 Å². The molecule has 1 atom stereocenters. The van der Waals surface area contributed by atoms with Gasteiger partial charge in [-0.25, -0.2) is 33.2 Å². The zero-order chi connectivity index (χ0) is 32.8. The first-order valence-electron chi connectivity index (χ1n) is 13.0. The van der Waals surface area contributed by atoms with E-state index in [1.54, 1.807) is 26.8 Å². The fourth-order valence-electron chi connectivity index (χ4n) is 3.99. The molecule has 3 aromatic carbocycles. The van der Waals surface area contributed by atoms with Gasteiger partial charge in [-0.15, -0.1) is 0 Å². The van der Waals surface area contributed by atoms with Crippen molar-refractivity contribution < 1.29 is 41.8 Å². The Bertz CT molecular complexity index is 1670. The van der Waals surface area contributed by atoms with Gasteiger partial charge in [-0.2, -0.15) is 0 Å². The number of halogens is 1. The monoisotopic (exact) mass is 629 g/mol. The fraction of sp³-hybridized carbons (Fsp3) is 0.241. The van der Waals surface area contributed by atoms with Gasteiger partial charge in [0.25, 0.3) is 0 Å². The van der Waals surface area contributed by atoms with Gasteiger partial charge in [-0.05, 0) is 62.2 Å². The Morgan fingerprint density at radius 2 is 1.66 bits per heavy atom. The van der Waals surface area contributed by atoms with Crippen LogP contribution in [-0.2, 0) is 24.2 Å². The average molecular weight is 630 g/mol. The number of carboxylic acid groups (broad SMARTS) is 1. The number of nitrogens with zero attached hydrogens (tertiary/aromatic N) is 1. The number of anilines is 2. The third kappa shape index (κ3) is 8.99. The fourth-order valence-corrected chi connectivity index (χ4v) is 4.90. The molecule has 234 valence electrons. The Morgan fingerprint density at radius 1 is 1.02 bits per heavy atom. The minimum Gasteiger partial charge on any atom is -0.465 e. The van der Waals surface area contributed by atoms with Gasteiger partial charge in [-0.1, -0.05) is 36.4 Å². The molecule has 0 aliphatic heterocycles. The number of carbonyl (C=O) groups is 4. The number of carbonyl (C=O) groups excluding carboxylic acids is 3. The first-order valence-corrected chi connectivity index (χ1v) is 14.9. The molecule has 0 fully saturated rings. The van der Waals surface area contributed by atoms with Crippen molar-refractivity contribution in [2.24, 2.45) is 5.84 Å². The number of nitrogens with two attached hydrogens (primary N) is 1. The number of hydrazine groups is 1. The van der Waals surface area contributed by atoms with E-state index in [1.807, 2.05) is 0 Å². The van der Waals surface area contributed by atoms with Crippen LogP contribution < -0.4 is 26.8 Å². The minimum atomic E-state index is -3.62. The van der Waals surface area contributed by atoms with Crippen LogP contribution >= 0.6 is 0 Å². The molecule has 15 heteroatoms. The first kappa shape index (κ1) is 33.5. The first-order chi connectivity index (χ1) is 20.5. The maximum Gasteiger partial charge on any atom is 0.408 e. The molecule has 0 radical (unpaired) electrons. The average Bonchev–Trinajstić information content (AvgIpc) is 2.93. The summed E-state index contributed by atoms with van der Waals surface area (Å²) in [5.41, 5.74) is -0.149. The summed E-state index contributed by atoms with van der Waals surface area (Å²) in [5.74, 6) is 2.31. The second-order valence-electron chi connectivity index (χ2n) is 10.6. The van der Waals surface area contributed by atoms with E-state index < -0.39 is 57.0 Å². The summed E-state index contributed by atoms with van der Waals surface area (Å²) in [6.45, 7) is 4.82. The van der Waals surface area contributed by atoms with Crippen molar-refractivity contribution in [3.63, 3.8) is 0 Å². The topological polar surface area (TPSA) is 197 Å². The quantitative estimate of drug-likeness (QED) is 0.107. The molecular formula is C29H32FN5O8S. The number of rotatable bonds is 8. The van der Waals surface area contributed by atoms with Crippen LogP contribution in [0.15, 0.2) is 71.6 Å². The number of hydrogen-bond donors (Lipinski definition) is 5. The van der Waals surface area contributed by atoms with Crippen molar-refractivity contribution in [1.29, 1.82) is 0 Å². The van der Waals surface area contributed by atoms with E-state index in [0.29, 0.717) is 10.6 Å². The van der Waals surface area contributed by atoms with E-state index in [2.05, 4.69) is 16.0 Å². The van der Waals surface area contributed by atoms with Crippen LogP contribution in [0.5, 0.6) is 0 Å². The molecule has 0 aromatic heterocycles. The number of hydrogen-bond acceptors (Lipinski definition) is 8. The van der Waals surface area contributed by atoms with Gasteiger partial charge in [0.15, 0.2) is 9.84 Å². The molecule has 0 spiro atoms. The Kier molecular flexibility index (Phi) is 10.3. The Balaban J connectivity index is 1.73. The zero-order valence-electron chi connectivity index (χ0n) is 24.3. The van der Waals surface area contributed by atoms with Crippen LogP contribution in [0.2, 0.25) is 0 Å². The molecular weight excluding hydrogens is 597 g/mol. The molecule has 4 amide bonds. The van der Waals surface area contributed by atoms with E-state index in [9.17, 15) is 27.6 Å². The largest absolute Gasteiger partial charge is 0.465 e. The number of sulfone groups is 1. The summed E-state index contributed by atoms with van der Waals surface area (Å²) in [5, 5.41) is 16.4. The molecule has 0 heterocycles. The van der Waals surface area contributed by atoms with Gasteiger partial charge in [-0.3, -0.25) is 9.59 Å². The van der Waals surface area contributed by atoms with Crippen LogP contribution in [-0.4, -0.2) is 55.9 Å². The molecule has 3 aromatic rings. The van der Waals surface area contributed by atoms with E-state index in [4.69, 9.17) is 15.7 Å². The van der Waals surface area contributed by atoms with Crippen LogP contribution in [0.3, 0.4) is 0 Å². The molecule has 3 rings (SSSR count). The predicted octanol–water partition coefficient (Wildman–Crippen LogP) is 3.58. The van der Waals surface area contributed by atoms with Crippen LogP contribution in [0.4, 0.5) is 25.4 Å². The highest BCUT2D eigenvalue weighted by atomic mass is 32.2. The molecule has 0 saturated heterocycles. The maximum absolute atomic E-state index is 15.0. The molecule has 6 N–H and O–H groups in total. The van der Waals surface area contributed by atoms with Crippen molar-refractivity contribution in [2.45, 2.75) is 37.3 Å². The molecule has 0 saturated carbocycles. The molecule has 0 bridgehead atoms. The number of nitrogens with one attached hydrogen (secondary N) is 3. The zero-order valence-corrected chi connectivity index (χ0v) is 25.1. The van der Waals surface area contributed by atoms with E-state index >= 15 is 4.39 Å². The van der Waals surface area contributed by atoms with Crippen molar-refractivity contribution >= 4 is 45.2 Å². The smallest absolute Gasteiger partial charge is 0.408 e. The lowest BCUT2D eigenvalue weighted by atomic mass is 10.0. The lowest BCUT2D eigenvalue weighted by Crippen LogP contribution is -2.45. The van der Waals surface area contributed by atoms with Gasteiger partial charge in [0, 0.05) is 24.1 Å². The molecule has 0 aliphatic carbocycles. The number of amides is 4. The minimum absolute atomic E-state index is 0.0108. The summed E-state index contributed by atoms with van der Waals surface area (Å²) in [6, 6.07) is 14.5. The lowest BCUT2D eigenvalue weighted by molar-refractivity contribution is -0.134. The highest BCUT2D eigenvalue weighted by molar-refractivity contribution is 7.90. The van der Waals surface area contributed by atoms with Gasteiger partial charge >= 0.3 is 24.0 Å². The van der Waals surface area contributed by atoms with Gasteiger partial charge in [0.1, 0.15) is 11.4 Å². The maximum atomic E-state index is 15.0. The molecule has 44 heavy (non-hydrogen) atoms. The third-order valence-electron chi connectivity index (χ3n) is 5.94. The summed E-state index contributed by atoms with van der Waals surface area (Å²) in [4.78, 5) is 48.6. The van der Waals surface area contributed by atoms with Gasteiger partial charge < -0.3 is 25.8 Å². The van der Waals surface area contributed by atoms with Crippen molar-refractivity contribution in [2.75, 3.05) is 23.1 Å². The van der Waals surface area contributed by atoms with Crippen LogP contribution in [0, 0.1) is 5.82 Å². The van der Waals surface area contributed by atoms with Gasteiger partial charge in [0.2, 0.25) is 0 Å². The molecule has 1 unspecified atom stereocenters.